The van der Waals surface area contributed by atoms with Crippen molar-refractivity contribution < 1.29 is 0 Å². The molecule has 94 valence electrons. The average molecular weight is 236 g/mol. The summed E-state index contributed by atoms with van der Waals surface area (Å²) in [5, 5.41) is 0. The van der Waals surface area contributed by atoms with Crippen molar-refractivity contribution >= 4 is 0 Å². The van der Waals surface area contributed by atoms with E-state index in [1.807, 2.05) is 0 Å². The number of nitrogens with zero attached hydrogens (tertiary/aromatic N) is 1. The zero-order valence-electron chi connectivity index (χ0n) is 10.4. The normalized spacial score (nSPS) is 16.5. The van der Waals surface area contributed by atoms with Crippen LogP contribution in [0.15, 0.2) is 15.7 Å². The quantitative estimate of drug-likeness (QED) is 0.864. The van der Waals surface area contributed by atoms with E-state index in [2.05, 4.69) is 4.98 Å². The molecule has 0 amide bonds. The summed E-state index contributed by atoms with van der Waals surface area (Å²) in [6.45, 7) is 2.23. The highest BCUT2D eigenvalue weighted by atomic mass is 16.2. The molecule has 0 atom stereocenters. The summed E-state index contributed by atoms with van der Waals surface area (Å²) < 4.78 is 1.22. The first-order valence-corrected chi connectivity index (χ1v) is 6.53. The van der Waals surface area contributed by atoms with Crippen molar-refractivity contribution in [3.63, 3.8) is 0 Å². The van der Waals surface area contributed by atoms with E-state index >= 15 is 0 Å². The van der Waals surface area contributed by atoms with Gasteiger partial charge in [-0.3, -0.25) is 9.36 Å². The van der Waals surface area contributed by atoms with Crippen molar-refractivity contribution in [3.8, 4) is 0 Å². The third kappa shape index (κ3) is 2.87. The summed E-state index contributed by atoms with van der Waals surface area (Å²) in [6.07, 6.45) is 7.18. The second-order valence-corrected chi connectivity index (χ2v) is 4.87. The molecule has 17 heavy (non-hydrogen) atoms. The monoisotopic (exact) mass is 236 g/mol. The van der Waals surface area contributed by atoms with Crippen molar-refractivity contribution in [1.82, 2.24) is 9.55 Å². The van der Waals surface area contributed by atoms with Crippen LogP contribution in [0.5, 0.6) is 0 Å². The van der Waals surface area contributed by atoms with Crippen LogP contribution in [-0.4, -0.2) is 9.55 Å². The van der Waals surface area contributed by atoms with Crippen LogP contribution in [-0.2, 0) is 13.0 Å². The molecule has 4 heteroatoms. The van der Waals surface area contributed by atoms with E-state index < -0.39 is 0 Å². The molecule has 0 aromatic carbocycles. The van der Waals surface area contributed by atoms with Gasteiger partial charge in [-0.15, -0.1) is 0 Å². The molecule has 1 fully saturated rings. The largest absolute Gasteiger partial charge is 0.328 e. The number of aryl methyl sites for hydroxylation is 1. The number of rotatable bonds is 4. The van der Waals surface area contributed by atoms with Crippen LogP contribution in [0.3, 0.4) is 0 Å². The van der Waals surface area contributed by atoms with Crippen LogP contribution >= 0.6 is 0 Å². The average Bonchev–Trinajstić information content (AvgIpc) is 2.79. The summed E-state index contributed by atoms with van der Waals surface area (Å²) in [6, 6.07) is 1.57. The summed E-state index contributed by atoms with van der Waals surface area (Å²) in [5.74, 6) is 0.784. The van der Waals surface area contributed by atoms with Gasteiger partial charge in [0.1, 0.15) is 0 Å². The number of nitrogens with one attached hydrogen (secondary N) is 1. The number of aromatic amines is 1. The third-order valence-corrected chi connectivity index (χ3v) is 3.69. The fourth-order valence-corrected chi connectivity index (χ4v) is 2.66. The van der Waals surface area contributed by atoms with Gasteiger partial charge in [0.2, 0.25) is 0 Å². The fourth-order valence-electron chi connectivity index (χ4n) is 2.66. The highest BCUT2D eigenvalue weighted by molar-refractivity contribution is 5.00. The predicted molar refractivity (Wildman–Crippen MR) is 67.3 cm³/mol. The molecule has 0 saturated heterocycles. The van der Waals surface area contributed by atoms with Crippen molar-refractivity contribution in [1.29, 1.82) is 0 Å². The van der Waals surface area contributed by atoms with Crippen molar-refractivity contribution in [3.05, 3.63) is 32.6 Å². The van der Waals surface area contributed by atoms with E-state index in [-0.39, 0.29) is 11.2 Å². The number of hydrogen-bond acceptors (Lipinski definition) is 2. The van der Waals surface area contributed by atoms with Crippen molar-refractivity contribution in [2.45, 2.75) is 52.0 Å². The van der Waals surface area contributed by atoms with Gasteiger partial charge >= 0.3 is 5.69 Å². The highest BCUT2D eigenvalue weighted by Gasteiger charge is 2.15. The maximum Gasteiger partial charge on any atom is 0.328 e. The molecule has 1 heterocycles. The topological polar surface area (TPSA) is 54.9 Å². The molecule has 1 aromatic heterocycles. The van der Waals surface area contributed by atoms with Gasteiger partial charge in [0.05, 0.1) is 0 Å². The van der Waals surface area contributed by atoms with E-state index in [4.69, 9.17) is 0 Å². The SMILES string of the molecule is CCn1c(=O)cc(CCC2CCCC2)[nH]c1=O. The van der Waals surface area contributed by atoms with Crippen LogP contribution in [0.1, 0.15) is 44.7 Å². The first kappa shape index (κ1) is 12.1. The van der Waals surface area contributed by atoms with Crippen LogP contribution in [0.4, 0.5) is 0 Å². The van der Waals surface area contributed by atoms with E-state index in [0.29, 0.717) is 6.54 Å². The maximum atomic E-state index is 11.6. The minimum absolute atomic E-state index is 0.183. The summed E-state index contributed by atoms with van der Waals surface area (Å²) >= 11 is 0. The Balaban J connectivity index is 2.06. The minimum Gasteiger partial charge on any atom is -0.311 e. The molecule has 0 spiro atoms. The van der Waals surface area contributed by atoms with Gasteiger partial charge in [0.15, 0.2) is 0 Å². The van der Waals surface area contributed by atoms with Crippen LogP contribution in [0.25, 0.3) is 0 Å². The van der Waals surface area contributed by atoms with Gasteiger partial charge in [-0.1, -0.05) is 25.7 Å². The molecule has 1 aliphatic carbocycles. The summed E-state index contributed by atoms with van der Waals surface area (Å²) in [7, 11) is 0. The Morgan fingerprint density at radius 3 is 2.65 bits per heavy atom. The molecule has 2 rings (SSSR count). The molecule has 4 nitrogen and oxygen atoms in total. The number of aromatic nitrogens is 2. The van der Waals surface area contributed by atoms with Crippen LogP contribution in [0.2, 0.25) is 0 Å². The lowest BCUT2D eigenvalue weighted by molar-refractivity contribution is 0.498. The van der Waals surface area contributed by atoms with Crippen LogP contribution in [0, 0.1) is 5.92 Å². The standard InChI is InChI=1S/C13H20N2O2/c1-2-15-12(16)9-11(14-13(15)17)8-7-10-5-3-4-6-10/h9-10H,2-8H2,1H3,(H,14,17). The molecule has 1 saturated carbocycles. The summed E-state index contributed by atoms with van der Waals surface area (Å²) in [5.41, 5.74) is 0.329. The zero-order valence-corrected chi connectivity index (χ0v) is 10.4. The Labute approximate surface area is 101 Å². The highest BCUT2D eigenvalue weighted by Crippen LogP contribution is 2.28. The Hall–Kier alpha value is -1.32. The Kier molecular flexibility index (Phi) is 3.82. The number of hydrogen-bond donors (Lipinski definition) is 1. The van der Waals surface area contributed by atoms with Gasteiger partial charge in [-0.2, -0.15) is 0 Å². The Bertz CT molecular complexity index is 450. The van der Waals surface area contributed by atoms with Gasteiger partial charge in [0, 0.05) is 18.3 Å². The lowest BCUT2D eigenvalue weighted by Gasteiger charge is -2.08. The lowest BCUT2D eigenvalue weighted by atomic mass is 10.0. The lowest BCUT2D eigenvalue weighted by Crippen LogP contribution is -2.34. The van der Waals surface area contributed by atoms with Gasteiger partial charge < -0.3 is 4.98 Å². The Morgan fingerprint density at radius 1 is 1.35 bits per heavy atom. The molecule has 0 bridgehead atoms. The molecule has 0 unspecified atom stereocenters. The van der Waals surface area contributed by atoms with Crippen molar-refractivity contribution in [2.75, 3.05) is 0 Å². The predicted octanol–water partition coefficient (Wildman–Crippen LogP) is 1.68. The molecule has 0 radical (unpaired) electrons. The maximum absolute atomic E-state index is 11.6. The van der Waals surface area contributed by atoms with Crippen molar-refractivity contribution in [2.24, 2.45) is 5.92 Å². The van der Waals surface area contributed by atoms with Gasteiger partial charge in [-0.25, -0.2) is 4.79 Å². The molecule has 1 aromatic rings. The molecule has 1 aliphatic rings. The molecule has 0 aliphatic heterocycles. The summed E-state index contributed by atoms with van der Waals surface area (Å²) in [4.78, 5) is 26.0. The molecular weight excluding hydrogens is 216 g/mol. The second-order valence-electron chi connectivity index (χ2n) is 4.87. The zero-order chi connectivity index (χ0) is 12.3. The van der Waals surface area contributed by atoms with Gasteiger partial charge in [-0.05, 0) is 25.7 Å². The van der Waals surface area contributed by atoms with Crippen LogP contribution < -0.4 is 11.2 Å². The van der Waals surface area contributed by atoms with Gasteiger partial charge in [0.25, 0.3) is 5.56 Å². The molecule has 1 N–H and O–H groups in total. The van der Waals surface area contributed by atoms with E-state index in [1.54, 1.807) is 13.0 Å². The minimum atomic E-state index is -0.276. The first-order chi connectivity index (χ1) is 8.20. The third-order valence-electron chi connectivity index (χ3n) is 3.69. The Morgan fingerprint density at radius 2 is 2.06 bits per heavy atom. The molecular formula is C13H20N2O2. The van der Waals surface area contributed by atoms with E-state index in [0.717, 1.165) is 24.5 Å². The first-order valence-electron chi connectivity index (χ1n) is 6.53. The number of H-pyrrole nitrogens is 1. The smallest absolute Gasteiger partial charge is 0.311 e. The van der Waals surface area contributed by atoms with E-state index in [9.17, 15) is 9.59 Å². The fraction of sp³-hybridized carbons (Fsp3) is 0.692. The van der Waals surface area contributed by atoms with E-state index in [1.165, 1.54) is 30.3 Å². The second kappa shape index (κ2) is 5.34.